The molecule has 1 aliphatic rings. The second kappa shape index (κ2) is 6.09. The molecule has 0 saturated heterocycles. The van der Waals surface area contributed by atoms with Gasteiger partial charge in [0.05, 0.1) is 5.41 Å². The van der Waals surface area contributed by atoms with Crippen LogP contribution in [0, 0.1) is 5.82 Å². The molecule has 114 valence electrons. The van der Waals surface area contributed by atoms with Gasteiger partial charge in [-0.25, -0.2) is 4.39 Å². The molecular formula is C18H17ClFNO. The van der Waals surface area contributed by atoms with Gasteiger partial charge in [-0.1, -0.05) is 35.9 Å². The smallest absolute Gasteiger partial charge is 0.230 e. The molecule has 0 heterocycles. The van der Waals surface area contributed by atoms with Crippen LogP contribution in [0.15, 0.2) is 48.5 Å². The van der Waals surface area contributed by atoms with Crippen molar-refractivity contribution in [3.8, 4) is 0 Å². The lowest BCUT2D eigenvalue weighted by atomic mass is 9.95. The fourth-order valence-electron chi connectivity index (χ4n) is 2.72. The molecule has 0 spiro atoms. The van der Waals surface area contributed by atoms with Crippen molar-refractivity contribution in [2.75, 3.05) is 6.54 Å². The summed E-state index contributed by atoms with van der Waals surface area (Å²) in [6.45, 7) is 0.512. The highest BCUT2D eigenvalue weighted by Crippen LogP contribution is 2.48. The summed E-state index contributed by atoms with van der Waals surface area (Å²) >= 11 is 5.89. The van der Waals surface area contributed by atoms with Gasteiger partial charge in [0, 0.05) is 11.6 Å². The van der Waals surface area contributed by atoms with Crippen LogP contribution in [-0.2, 0) is 16.6 Å². The van der Waals surface area contributed by atoms with Gasteiger partial charge in [-0.3, -0.25) is 4.79 Å². The van der Waals surface area contributed by atoms with Gasteiger partial charge in [0.25, 0.3) is 0 Å². The summed E-state index contributed by atoms with van der Waals surface area (Å²) in [5.74, 6) is -0.199. The molecule has 4 heteroatoms. The molecule has 0 radical (unpaired) electrons. The van der Waals surface area contributed by atoms with Crippen LogP contribution in [0.1, 0.15) is 24.0 Å². The van der Waals surface area contributed by atoms with Crippen LogP contribution in [0.3, 0.4) is 0 Å². The van der Waals surface area contributed by atoms with E-state index >= 15 is 0 Å². The number of halogens is 2. The normalized spacial score (nSPS) is 15.4. The molecule has 1 amide bonds. The van der Waals surface area contributed by atoms with Gasteiger partial charge in [-0.2, -0.15) is 0 Å². The first-order valence-electron chi connectivity index (χ1n) is 7.39. The molecule has 1 fully saturated rings. The van der Waals surface area contributed by atoms with E-state index in [9.17, 15) is 9.18 Å². The third-order valence-corrected chi connectivity index (χ3v) is 4.42. The molecule has 1 aliphatic carbocycles. The third-order valence-electron chi connectivity index (χ3n) is 4.17. The van der Waals surface area contributed by atoms with Crippen molar-refractivity contribution in [1.82, 2.24) is 5.32 Å². The summed E-state index contributed by atoms with van der Waals surface area (Å²) < 4.78 is 13.1. The zero-order chi connectivity index (χ0) is 15.6. The number of nitrogens with one attached hydrogen (secondary N) is 1. The molecule has 1 saturated carbocycles. The van der Waals surface area contributed by atoms with Crippen LogP contribution in [-0.4, -0.2) is 12.5 Å². The highest BCUT2D eigenvalue weighted by Gasteiger charge is 2.50. The standard InChI is InChI=1S/C18H17ClFNO/c19-15-6-4-14(5-7-15)18(9-10-18)17(22)21-11-8-13-2-1-3-16(20)12-13/h1-7,12H,8-11H2,(H,21,22). The highest BCUT2D eigenvalue weighted by molar-refractivity contribution is 6.30. The van der Waals surface area contributed by atoms with E-state index < -0.39 is 5.41 Å². The molecule has 2 nitrogen and oxygen atoms in total. The molecule has 0 bridgehead atoms. The van der Waals surface area contributed by atoms with E-state index in [0.717, 1.165) is 24.0 Å². The Morgan fingerprint density at radius 1 is 1.18 bits per heavy atom. The van der Waals surface area contributed by atoms with Gasteiger partial charge in [0.15, 0.2) is 0 Å². The van der Waals surface area contributed by atoms with Crippen LogP contribution >= 0.6 is 11.6 Å². The van der Waals surface area contributed by atoms with Gasteiger partial charge in [-0.15, -0.1) is 0 Å². The van der Waals surface area contributed by atoms with Gasteiger partial charge >= 0.3 is 0 Å². The minimum absolute atomic E-state index is 0.0474. The van der Waals surface area contributed by atoms with Crippen molar-refractivity contribution in [2.24, 2.45) is 0 Å². The van der Waals surface area contributed by atoms with Crippen molar-refractivity contribution in [3.63, 3.8) is 0 Å². The van der Waals surface area contributed by atoms with E-state index in [2.05, 4.69) is 5.32 Å². The summed E-state index contributed by atoms with van der Waals surface area (Å²) in [6.07, 6.45) is 2.35. The summed E-state index contributed by atoms with van der Waals surface area (Å²) in [5.41, 5.74) is 1.50. The van der Waals surface area contributed by atoms with Crippen molar-refractivity contribution in [2.45, 2.75) is 24.7 Å². The molecule has 0 unspecified atom stereocenters. The molecule has 0 atom stereocenters. The van der Waals surface area contributed by atoms with E-state index in [4.69, 9.17) is 11.6 Å². The van der Waals surface area contributed by atoms with Crippen molar-refractivity contribution >= 4 is 17.5 Å². The Bertz CT molecular complexity index is 680. The Labute approximate surface area is 134 Å². The molecule has 0 aromatic heterocycles. The number of hydrogen-bond acceptors (Lipinski definition) is 1. The van der Waals surface area contributed by atoms with Crippen LogP contribution in [0.25, 0.3) is 0 Å². The Morgan fingerprint density at radius 2 is 1.91 bits per heavy atom. The lowest BCUT2D eigenvalue weighted by molar-refractivity contribution is -0.123. The maximum absolute atomic E-state index is 13.1. The summed E-state index contributed by atoms with van der Waals surface area (Å²) in [7, 11) is 0. The predicted octanol–water partition coefficient (Wildman–Crippen LogP) is 3.87. The number of benzene rings is 2. The monoisotopic (exact) mass is 317 g/mol. The average Bonchev–Trinajstić information content (AvgIpc) is 3.30. The minimum atomic E-state index is -0.396. The van der Waals surface area contributed by atoms with Crippen molar-refractivity contribution in [3.05, 3.63) is 70.5 Å². The van der Waals surface area contributed by atoms with Gasteiger partial charge in [0.1, 0.15) is 5.82 Å². The average molecular weight is 318 g/mol. The van der Waals surface area contributed by atoms with Crippen molar-refractivity contribution < 1.29 is 9.18 Å². The number of rotatable bonds is 5. The molecule has 1 N–H and O–H groups in total. The Kier molecular flexibility index (Phi) is 4.16. The molecule has 2 aromatic carbocycles. The first-order valence-corrected chi connectivity index (χ1v) is 7.77. The maximum Gasteiger partial charge on any atom is 0.230 e. The zero-order valence-electron chi connectivity index (χ0n) is 12.1. The van der Waals surface area contributed by atoms with Gasteiger partial charge in [0.2, 0.25) is 5.91 Å². The van der Waals surface area contributed by atoms with E-state index in [1.165, 1.54) is 12.1 Å². The second-order valence-corrected chi connectivity index (χ2v) is 6.16. The molecular weight excluding hydrogens is 301 g/mol. The Morgan fingerprint density at radius 3 is 2.55 bits per heavy atom. The number of hydrogen-bond donors (Lipinski definition) is 1. The fraction of sp³-hybridized carbons (Fsp3) is 0.278. The zero-order valence-corrected chi connectivity index (χ0v) is 12.9. The van der Waals surface area contributed by atoms with E-state index in [0.29, 0.717) is 18.0 Å². The lowest BCUT2D eigenvalue weighted by Gasteiger charge is -2.16. The van der Waals surface area contributed by atoms with E-state index in [1.807, 2.05) is 30.3 Å². The quantitative estimate of drug-likeness (QED) is 0.891. The van der Waals surface area contributed by atoms with Crippen LogP contribution in [0.4, 0.5) is 4.39 Å². The van der Waals surface area contributed by atoms with Crippen molar-refractivity contribution in [1.29, 1.82) is 0 Å². The minimum Gasteiger partial charge on any atom is -0.355 e. The van der Waals surface area contributed by atoms with Crippen LogP contribution < -0.4 is 5.32 Å². The molecule has 22 heavy (non-hydrogen) atoms. The summed E-state index contributed by atoms with van der Waals surface area (Å²) in [4.78, 5) is 12.5. The predicted molar refractivity (Wildman–Crippen MR) is 85.5 cm³/mol. The first kappa shape index (κ1) is 15.0. The Hall–Kier alpha value is -1.87. The van der Waals surface area contributed by atoms with E-state index in [-0.39, 0.29) is 11.7 Å². The van der Waals surface area contributed by atoms with Crippen LogP contribution in [0.5, 0.6) is 0 Å². The van der Waals surface area contributed by atoms with Gasteiger partial charge < -0.3 is 5.32 Å². The maximum atomic E-state index is 13.1. The molecule has 3 rings (SSSR count). The number of carbonyl (C=O) groups excluding carboxylic acids is 1. The van der Waals surface area contributed by atoms with Gasteiger partial charge in [-0.05, 0) is 54.7 Å². The summed E-state index contributed by atoms with van der Waals surface area (Å²) in [6, 6.07) is 13.9. The summed E-state index contributed by atoms with van der Waals surface area (Å²) in [5, 5.41) is 3.64. The second-order valence-electron chi connectivity index (χ2n) is 5.72. The Balaban J connectivity index is 1.59. The topological polar surface area (TPSA) is 29.1 Å². The van der Waals surface area contributed by atoms with Crippen LogP contribution in [0.2, 0.25) is 5.02 Å². The highest BCUT2D eigenvalue weighted by atomic mass is 35.5. The SMILES string of the molecule is O=C(NCCc1cccc(F)c1)C1(c2ccc(Cl)cc2)CC1. The molecule has 0 aliphatic heterocycles. The number of carbonyl (C=O) groups is 1. The van der Waals surface area contributed by atoms with E-state index in [1.54, 1.807) is 6.07 Å². The number of amides is 1. The lowest BCUT2D eigenvalue weighted by Crippen LogP contribution is -2.35. The first-order chi connectivity index (χ1) is 10.6. The fourth-order valence-corrected chi connectivity index (χ4v) is 2.85. The molecule has 2 aromatic rings. The largest absolute Gasteiger partial charge is 0.355 e. The third kappa shape index (κ3) is 3.14.